The van der Waals surface area contributed by atoms with E-state index in [2.05, 4.69) is 52.0 Å². The maximum atomic E-state index is 14.1. The van der Waals surface area contributed by atoms with E-state index in [1.807, 2.05) is 12.1 Å². The lowest BCUT2D eigenvalue weighted by molar-refractivity contribution is -0.106. The van der Waals surface area contributed by atoms with Gasteiger partial charge in [0, 0.05) is 18.3 Å². The second-order valence-corrected chi connectivity index (χ2v) is 7.54. The topological polar surface area (TPSA) is 136 Å². The van der Waals surface area contributed by atoms with Crippen LogP contribution >= 0.6 is 0 Å². The quantitative estimate of drug-likeness (QED) is 0.127. The maximum Gasteiger partial charge on any atom is 0.204 e. The van der Waals surface area contributed by atoms with Crippen LogP contribution in [0.1, 0.15) is 31.4 Å². The van der Waals surface area contributed by atoms with E-state index in [0.29, 0.717) is 5.56 Å². The minimum atomic E-state index is -1.07. The smallest absolute Gasteiger partial charge is 0.204 e. The Labute approximate surface area is 203 Å². The molecule has 0 aliphatic carbocycles. The highest BCUT2D eigenvalue weighted by Gasteiger charge is 2.13. The van der Waals surface area contributed by atoms with Gasteiger partial charge in [0.15, 0.2) is 17.5 Å². The number of hydrazine groups is 1. The zero-order valence-corrected chi connectivity index (χ0v) is 19.8. The van der Waals surface area contributed by atoms with Gasteiger partial charge >= 0.3 is 0 Å². The first-order valence-electron chi connectivity index (χ1n) is 11.1. The van der Waals surface area contributed by atoms with E-state index in [4.69, 9.17) is 16.4 Å². The van der Waals surface area contributed by atoms with Crippen molar-refractivity contribution in [3.05, 3.63) is 77.5 Å². The molecule has 1 aromatic heterocycles. The molecule has 35 heavy (non-hydrogen) atoms. The lowest BCUT2D eigenvalue weighted by Crippen LogP contribution is -2.31. The Kier molecular flexibility index (Phi) is 10.7. The molecule has 0 atom stereocenters. The molecule has 7 N–H and O–H groups in total. The highest BCUT2D eigenvalue weighted by molar-refractivity contribution is 6.04. The number of aliphatic imine (C=N–C) groups is 1. The minimum absolute atomic E-state index is 0.0797. The van der Waals surface area contributed by atoms with Gasteiger partial charge in [-0.1, -0.05) is 44.2 Å². The number of hydrogen-bond donors (Lipinski definition) is 4. The Balaban J connectivity index is 0.00000137. The lowest BCUT2D eigenvalue weighted by atomic mass is 10.0. The summed E-state index contributed by atoms with van der Waals surface area (Å²) >= 11 is 0. The lowest BCUT2D eigenvalue weighted by Gasteiger charge is -2.19. The number of nitrogens with one attached hydrogen (secondary N) is 1. The highest BCUT2D eigenvalue weighted by Crippen LogP contribution is 2.25. The van der Waals surface area contributed by atoms with Gasteiger partial charge < -0.3 is 16.9 Å². The first-order valence-corrected chi connectivity index (χ1v) is 11.1. The molecule has 8 nitrogen and oxygen atoms in total. The predicted molar refractivity (Wildman–Crippen MR) is 135 cm³/mol. The highest BCUT2D eigenvalue weighted by atomic mass is 19.2. The zero-order valence-electron chi connectivity index (χ0n) is 19.8. The Morgan fingerprint density at radius 1 is 1.14 bits per heavy atom. The van der Waals surface area contributed by atoms with Gasteiger partial charge in [-0.25, -0.2) is 24.6 Å². The van der Waals surface area contributed by atoms with E-state index in [9.17, 15) is 8.78 Å². The average Bonchev–Trinajstić information content (AvgIpc) is 2.86. The molecule has 0 fully saturated rings. The molecular weight excluding hydrogens is 452 g/mol. The molecule has 0 saturated heterocycles. The van der Waals surface area contributed by atoms with E-state index in [1.54, 1.807) is 12.3 Å². The fourth-order valence-corrected chi connectivity index (χ4v) is 3.42. The first-order chi connectivity index (χ1) is 16.9. The standard InChI is InChI=1S/C24H28F2N6.CH3NO/c1-3-12-32(4-2)15-16-8-10-17(11-9-16)18-13-19(23(27)29-14-18)24(31-28)30-21-7-5-6-20(25)22(21)26;2-1-3/h5-11,13-14H,3-4,12,15,28H2,1-2H3,(H2,27,29)(H,30,31);1H,(H2,2,3). The molecule has 0 unspecified atom stereocenters. The number of pyridine rings is 1. The van der Waals surface area contributed by atoms with Crippen LogP contribution < -0.4 is 22.7 Å². The molecule has 0 spiro atoms. The van der Waals surface area contributed by atoms with Gasteiger partial charge in [0.25, 0.3) is 0 Å². The van der Waals surface area contributed by atoms with Crippen molar-refractivity contribution in [1.82, 2.24) is 15.3 Å². The number of nitrogens with two attached hydrogens (primary N) is 3. The Morgan fingerprint density at radius 2 is 1.83 bits per heavy atom. The number of aromatic nitrogens is 1. The molecule has 0 bridgehead atoms. The summed E-state index contributed by atoms with van der Waals surface area (Å²) in [7, 11) is 0. The van der Waals surface area contributed by atoms with E-state index >= 15 is 0 Å². The molecule has 3 aromatic rings. The fourth-order valence-electron chi connectivity index (χ4n) is 3.42. The number of anilines is 1. The summed E-state index contributed by atoms with van der Waals surface area (Å²) in [5.41, 5.74) is 15.8. The molecule has 2 aromatic carbocycles. The summed E-state index contributed by atoms with van der Waals surface area (Å²) in [5, 5.41) is 0. The molecular formula is C25H31F2N7O. The number of hydrogen-bond acceptors (Lipinski definition) is 6. The Bertz CT molecular complexity index is 1140. The monoisotopic (exact) mass is 483 g/mol. The van der Waals surface area contributed by atoms with Crippen molar-refractivity contribution in [2.45, 2.75) is 26.8 Å². The maximum absolute atomic E-state index is 14.1. The summed E-state index contributed by atoms with van der Waals surface area (Å²) < 4.78 is 27.6. The van der Waals surface area contributed by atoms with E-state index < -0.39 is 11.6 Å². The van der Waals surface area contributed by atoms with Crippen LogP contribution in [-0.4, -0.2) is 35.2 Å². The average molecular weight is 484 g/mol. The number of benzene rings is 2. The minimum Gasteiger partial charge on any atom is -0.383 e. The fraction of sp³-hybridized carbons (Fsp3) is 0.240. The number of rotatable bonds is 8. The van der Waals surface area contributed by atoms with Crippen LogP contribution in [0, 0.1) is 11.6 Å². The van der Waals surface area contributed by atoms with Gasteiger partial charge in [0.05, 0.1) is 5.56 Å². The largest absolute Gasteiger partial charge is 0.383 e. The molecule has 0 aliphatic heterocycles. The summed E-state index contributed by atoms with van der Waals surface area (Å²) in [5.74, 6) is 3.80. The van der Waals surface area contributed by atoms with Gasteiger partial charge in [-0.15, -0.1) is 0 Å². The second-order valence-electron chi connectivity index (χ2n) is 7.54. The van der Waals surface area contributed by atoms with Crippen LogP contribution in [0.4, 0.5) is 20.3 Å². The van der Waals surface area contributed by atoms with E-state index in [0.717, 1.165) is 43.2 Å². The number of amides is 1. The Hall–Kier alpha value is -3.89. The van der Waals surface area contributed by atoms with Crippen molar-refractivity contribution in [2.24, 2.45) is 16.6 Å². The summed E-state index contributed by atoms with van der Waals surface area (Å²) in [6.07, 6.45) is 3.02. The zero-order chi connectivity index (χ0) is 25.8. The van der Waals surface area contributed by atoms with Crippen molar-refractivity contribution < 1.29 is 13.6 Å². The molecule has 0 saturated carbocycles. The van der Waals surface area contributed by atoms with Gasteiger partial charge in [-0.2, -0.15) is 0 Å². The number of carbonyl (C=O) groups excluding carboxylic acids is 1. The normalized spacial score (nSPS) is 11.1. The van der Waals surface area contributed by atoms with Crippen LogP contribution in [0.15, 0.2) is 59.7 Å². The molecule has 0 aliphatic rings. The second kappa shape index (κ2) is 13.7. The predicted octanol–water partition coefficient (Wildman–Crippen LogP) is 3.48. The van der Waals surface area contributed by atoms with Crippen molar-refractivity contribution in [2.75, 3.05) is 18.8 Å². The number of nitrogens with zero attached hydrogens (tertiary/aromatic N) is 3. The molecule has 10 heteroatoms. The van der Waals surface area contributed by atoms with Gasteiger partial charge in [-0.3, -0.25) is 9.69 Å². The number of halogens is 2. The van der Waals surface area contributed by atoms with Gasteiger partial charge in [0.1, 0.15) is 11.5 Å². The van der Waals surface area contributed by atoms with Crippen molar-refractivity contribution in [3.8, 4) is 11.1 Å². The number of amidine groups is 1. The third kappa shape index (κ3) is 7.56. The van der Waals surface area contributed by atoms with E-state index in [1.165, 1.54) is 17.7 Å². The summed E-state index contributed by atoms with van der Waals surface area (Å²) in [6, 6.07) is 13.7. The third-order valence-electron chi connectivity index (χ3n) is 5.15. The SMILES string of the molecule is CCCN(CC)Cc1ccc(-c2cnc(N)c(C(=Nc3cccc(F)c3F)NN)c2)cc1.NC=O. The van der Waals surface area contributed by atoms with Gasteiger partial charge in [-0.05, 0) is 48.8 Å². The van der Waals surface area contributed by atoms with Crippen molar-refractivity contribution >= 4 is 23.8 Å². The molecule has 1 amide bonds. The summed E-state index contributed by atoms with van der Waals surface area (Å²) in [6.45, 7) is 7.29. The molecule has 1 heterocycles. The first kappa shape index (κ1) is 27.4. The van der Waals surface area contributed by atoms with Crippen molar-refractivity contribution in [3.63, 3.8) is 0 Å². The van der Waals surface area contributed by atoms with Crippen LogP contribution in [0.5, 0.6) is 0 Å². The van der Waals surface area contributed by atoms with E-state index in [-0.39, 0.29) is 23.8 Å². The molecule has 3 rings (SSSR count). The van der Waals surface area contributed by atoms with Crippen LogP contribution in [0.2, 0.25) is 0 Å². The number of carbonyl (C=O) groups is 1. The molecule has 186 valence electrons. The van der Waals surface area contributed by atoms with Crippen LogP contribution in [-0.2, 0) is 11.3 Å². The Morgan fingerprint density at radius 3 is 2.43 bits per heavy atom. The van der Waals surface area contributed by atoms with Gasteiger partial charge in [0.2, 0.25) is 6.41 Å². The number of nitrogen functional groups attached to an aromatic ring is 1. The summed E-state index contributed by atoms with van der Waals surface area (Å²) in [4.78, 5) is 19.3. The van der Waals surface area contributed by atoms with Crippen LogP contribution in [0.25, 0.3) is 11.1 Å². The molecule has 0 radical (unpaired) electrons. The number of primary amides is 1. The van der Waals surface area contributed by atoms with Crippen LogP contribution in [0.3, 0.4) is 0 Å². The van der Waals surface area contributed by atoms with Crippen molar-refractivity contribution in [1.29, 1.82) is 0 Å². The third-order valence-corrected chi connectivity index (χ3v) is 5.15.